The van der Waals surface area contributed by atoms with Crippen LogP contribution in [0.4, 0.5) is 13.2 Å². The monoisotopic (exact) mass is 377 g/mol. The molecule has 0 atom stereocenters. The highest BCUT2D eigenvalue weighted by atomic mass is 32.2. The molecule has 0 aliphatic carbocycles. The fourth-order valence-electron chi connectivity index (χ4n) is 2.98. The van der Waals surface area contributed by atoms with Crippen LogP contribution in [0, 0.1) is 11.8 Å². The van der Waals surface area contributed by atoms with Gasteiger partial charge in [0.1, 0.15) is 5.75 Å². The number of alkyl halides is 3. The molecule has 1 aliphatic rings. The molecule has 4 nitrogen and oxygen atoms in total. The Morgan fingerprint density at radius 1 is 1.28 bits per heavy atom. The molecule has 2 rings (SSSR count). The molecule has 1 heterocycles. The molecule has 1 aromatic rings. The second-order valence-corrected chi connectivity index (χ2v) is 7.30. The summed E-state index contributed by atoms with van der Waals surface area (Å²) in [7, 11) is 1.41. The lowest BCUT2D eigenvalue weighted by molar-refractivity contribution is -0.274. The van der Waals surface area contributed by atoms with Gasteiger partial charge in [-0.25, -0.2) is 0 Å². The van der Waals surface area contributed by atoms with E-state index in [1.54, 1.807) is 11.0 Å². The van der Waals surface area contributed by atoms with Crippen molar-refractivity contribution in [3.05, 3.63) is 23.8 Å². The zero-order valence-electron chi connectivity index (χ0n) is 14.4. The lowest BCUT2D eigenvalue weighted by Gasteiger charge is -2.34. The SMILES string of the molecule is COSc1ccc(C(=O)N2CCC(C(C)C)CC2)c(OC(F)(F)F)c1. The van der Waals surface area contributed by atoms with E-state index in [0.717, 1.165) is 24.9 Å². The molecule has 1 amide bonds. The van der Waals surface area contributed by atoms with Gasteiger partial charge < -0.3 is 13.8 Å². The van der Waals surface area contributed by atoms with E-state index in [1.807, 2.05) is 0 Å². The van der Waals surface area contributed by atoms with E-state index in [1.165, 1.54) is 19.2 Å². The molecule has 1 saturated heterocycles. The quantitative estimate of drug-likeness (QED) is 0.695. The van der Waals surface area contributed by atoms with Crippen molar-refractivity contribution in [2.45, 2.75) is 37.9 Å². The lowest BCUT2D eigenvalue weighted by atomic mass is 9.86. The highest BCUT2D eigenvalue weighted by Gasteiger charge is 2.34. The summed E-state index contributed by atoms with van der Waals surface area (Å²) in [6.45, 7) is 5.37. The van der Waals surface area contributed by atoms with Crippen LogP contribution in [-0.4, -0.2) is 37.4 Å². The molecule has 8 heteroatoms. The summed E-state index contributed by atoms with van der Waals surface area (Å²) in [4.78, 5) is 14.7. The predicted molar refractivity (Wildman–Crippen MR) is 89.5 cm³/mol. The number of nitrogens with zero attached hydrogens (tertiary/aromatic N) is 1. The highest BCUT2D eigenvalue weighted by Crippen LogP contribution is 2.33. The van der Waals surface area contributed by atoms with E-state index in [0.29, 0.717) is 29.8 Å². The molecule has 0 aromatic heterocycles. The predicted octanol–water partition coefficient (Wildman–Crippen LogP) is 4.75. The molecule has 25 heavy (non-hydrogen) atoms. The van der Waals surface area contributed by atoms with Gasteiger partial charge in [0.15, 0.2) is 0 Å². The maximum atomic E-state index is 12.7. The molecule has 0 spiro atoms. The van der Waals surface area contributed by atoms with E-state index in [4.69, 9.17) is 4.18 Å². The van der Waals surface area contributed by atoms with Gasteiger partial charge in [-0.2, -0.15) is 0 Å². The smallest absolute Gasteiger partial charge is 0.405 e. The zero-order valence-corrected chi connectivity index (χ0v) is 15.2. The minimum atomic E-state index is -4.87. The summed E-state index contributed by atoms with van der Waals surface area (Å²) in [5, 5.41) is 0. The fourth-order valence-corrected chi connectivity index (χ4v) is 3.45. The van der Waals surface area contributed by atoms with Crippen molar-refractivity contribution >= 4 is 17.9 Å². The largest absolute Gasteiger partial charge is 0.573 e. The maximum Gasteiger partial charge on any atom is 0.573 e. The minimum absolute atomic E-state index is 0.0826. The Hall–Kier alpha value is -1.41. The first kappa shape index (κ1) is 19.9. The first-order chi connectivity index (χ1) is 11.7. The van der Waals surface area contributed by atoms with Crippen LogP contribution in [0.15, 0.2) is 23.1 Å². The number of likely N-dealkylation sites (tertiary alicyclic amines) is 1. The van der Waals surface area contributed by atoms with Gasteiger partial charge in [-0.05, 0) is 42.9 Å². The van der Waals surface area contributed by atoms with Gasteiger partial charge in [0.05, 0.1) is 12.7 Å². The number of hydrogen-bond acceptors (Lipinski definition) is 4. The Kier molecular flexibility index (Phi) is 6.62. The minimum Gasteiger partial charge on any atom is -0.405 e. The number of rotatable bonds is 5. The zero-order chi connectivity index (χ0) is 18.6. The molecule has 1 aliphatic heterocycles. The Labute approximate surface area is 149 Å². The van der Waals surface area contributed by atoms with Crippen LogP contribution in [0.2, 0.25) is 0 Å². The van der Waals surface area contributed by atoms with Crippen LogP contribution in [0.1, 0.15) is 37.0 Å². The Bertz CT molecular complexity index is 599. The van der Waals surface area contributed by atoms with Crippen molar-refractivity contribution in [1.82, 2.24) is 4.90 Å². The van der Waals surface area contributed by atoms with Crippen LogP contribution in [0.25, 0.3) is 0 Å². The van der Waals surface area contributed by atoms with Gasteiger partial charge in [-0.15, -0.1) is 13.2 Å². The number of benzene rings is 1. The van der Waals surface area contributed by atoms with Crippen LogP contribution >= 0.6 is 12.0 Å². The molecule has 1 aromatic carbocycles. The summed E-state index contributed by atoms with van der Waals surface area (Å²) in [5.74, 6) is 0.142. The van der Waals surface area contributed by atoms with Crippen LogP contribution < -0.4 is 4.74 Å². The van der Waals surface area contributed by atoms with E-state index in [-0.39, 0.29) is 5.56 Å². The molecule has 1 fully saturated rings. The van der Waals surface area contributed by atoms with Crippen molar-refractivity contribution in [3.8, 4) is 5.75 Å². The first-order valence-electron chi connectivity index (χ1n) is 8.11. The summed E-state index contributed by atoms with van der Waals surface area (Å²) in [6, 6.07) is 4.08. The second kappa shape index (κ2) is 8.31. The van der Waals surface area contributed by atoms with Gasteiger partial charge in [-0.3, -0.25) is 4.79 Å². The third-order valence-electron chi connectivity index (χ3n) is 4.36. The third kappa shape index (κ3) is 5.54. The van der Waals surface area contributed by atoms with Crippen molar-refractivity contribution in [2.75, 3.05) is 20.2 Å². The average Bonchev–Trinajstić information content (AvgIpc) is 2.53. The molecule has 0 saturated carbocycles. The Balaban J connectivity index is 2.20. The first-order valence-corrected chi connectivity index (χ1v) is 8.85. The number of ether oxygens (including phenoxy) is 1. The topological polar surface area (TPSA) is 38.8 Å². The molecule has 140 valence electrons. The van der Waals surface area contributed by atoms with E-state index in [9.17, 15) is 18.0 Å². The lowest BCUT2D eigenvalue weighted by Crippen LogP contribution is -2.39. The Morgan fingerprint density at radius 3 is 2.44 bits per heavy atom. The summed E-state index contributed by atoms with van der Waals surface area (Å²) in [6.07, 6.45) is -3.15. The third-order valence-corrected chi connectivity index (χ3v) is 4.97. The fraction of sp³-hybridized carbons (Fsp3) is 0.588. The van der Waals surface area contributed by atoms with E-state index in [2.05, 4.69) is 18.6 Å². The van der Waals surface area contributed by atoms with Gasteiger partial charge >= 0.3 is 6.36 Å². The summed E-state index contributed by atoms with van der Waals surface area (Å²) < 4.78 is 47.0. The van der Waals surface area contributed by atoms with Crippen molar-refractivity contribution in [2.24, 2.45) is 11.8 Å². The van der Waals surface area contributed by atoms with Gasteiger partial charge in [0.25, 0.3) is 5.91 Å². The van der Waals surface area contributed by atoms with Crippen molar-refractivity contribution < 1.29 is 26.9 Å². The standard InChI is InChI=1S/C17H22F3NO3S/c1-11(2)12-6-8-21(9-7-12)16(22)14-5-4-13(25-23-3)10-15(14)24-17(18,19)20/h4-5,10-12H,6-9H2,1-3H3. The Morgan fingerprint density at radius 2 is 1.92 bits per heavy atom. The number of halogens is 3. The van der Waals surface area contributed by atoms with E-state index < -0.39 is 18.0 Å². The summed E-state index contributed by atoms with van der Waals surface area (Å²) in [5.41, 5.74) is -0.0826. The molecular formula is C17H22F3NO3S. The number of carbonyl (C=O) groups excluding carboxylic acids is 1. The molecular weight excluding hydrogens is 355 g/mol. The van der Waals surface area contributed by atoms with Gasteiger partial charge in [-0.1, -0.05) is 13.8 Å². The molecule has 0 unspecified atom stereocenters. The van der Waals surface area contributed by atoms with Crippen LogP contribution in [0.5, 0.6) is 5.75 Å². The second-order valence-electron chi connectivity index (χ2n) is 6.33. The molecule has 0 N–H and O–H groups in total. The van der Waals surface area contributed by atoms with Crippen LogP contribution in [-0.2, 0) is 4.18 Å². The van der Waals surface area contributed by atoms with Crippen molar-refractivity contribution in [3.63, 3.8) is 0 Å². The number of hydrogen-bond donors (Lipinski definition) is 0. The average molecular weight is 377 g/mol. The molecule has 0 radical (unpaired) electrons. The number of piperidine rings is 1. The van der Waals surface area contributed by atoms with Gasteiger partial charge in [0, 0.05) is 30.0 Å². The van der Waals surface area contributed by atoms with Crippen LogP contribution in [0.3, 0.4) is 0 Å². The van der Waals surface area contributed by atoms with Crippen molar-refractivity contribution in [1.29, 1.82) is 0 Å². The normalized spacial score (nSPS) is 16.4. The summed E-state index contributed by atoms with van der Waals surface area (Å²) >= 11 is 0.903. The highest BCUT2D eigenvalue weighted by molar-refractivity contribution is 7.94. The van der Waals surface area contributed by atoms with Gasteiger partial charge in [0.2, 0.25) is 0 Å². The number of amides is 1. The molecule has 0 bridgehead atoms. The van der Waals surface area contributed by atoms with E-state index >= 15 is 0 Å². The maximum absolute atomic E-state index is 12.7. The number of carbonyl (C=O) groups is 1.